The lowest BCUT2D eigenvalue weighted by Gasteiger charge is -2.11. The van der Waals surface area contributed by atoms with Crippen LogP contribution in [0.25, 0.3) is 0 Å². The Morgan fingerprint density at radius 1 is 1.18 bits per heavy atom. The number of nitrogens with zero attached hydrogens (tertiary/aromatic N) is 1. The Morgan fingerprint density at radius 2 is 1.89 bits per heavy atom. The molecule has 28 heavy (non-hydrogen) atoms. The van der Waals surface area contributed by atoms with Crippen LogP contribution in [0.1, 0.15) is 16.7 Å². The predicted octanol–water partition coefficient (Wildman–Crippen LogP) is 4.56. The van der Waals surface area contributed by atoms with Crippen molar-refractivity contribution in [1.82, 2.24) is 0 Å². The van der Waals surface area contributed by atoms with Crippen molar-refractivity contribution < 1.29 is 19.2 Å². The van der Waals surface area contributed by atoms with Crippen molar-refractivity contribution in [3.63, 3.8) is 0 Å². The van der Waals surface area contributed by atoms with Crippen molar-refractivity contribution in [3.8, 4) is 0 Å². The predicted molar refractivity (Wildman–Crippen MR) is 112 cm³/mol. The first-order chi connectivity index (χ1) is 13.2. The highest BCUT2D eigenvalue weighted by molar-refractivity contribution is 9.10. The number of carbonyl (C=O) groups is 2. The van der Waals surface area contributed by atoms with Crippen LogP contribution in [-0.2, 0) is 14.3 Å². The molecule has 0 saturated carbocycles. The number of rotatable bonds is 7. The molecule has 7 nitrogen and oxygen atoms in total. The fraction of sp³-hybridized carbons (Fsp3) is 0.263. The van der Waals surface area contributed by atoms with Gasteiger partial charge in [0.15, 0.2) is 6.61 Å². The second-order valence-corrected chi connectivity index (χ2v) is 8.00. The summed E-state index contributed by atoms with van der Waals surface area (Å²) >= 11 is 4.69. The number of ether oxygens (including phenoxy) is 1. The summed E-state index contributed by atoms with van der Waals surface area (Å²) in [6, 6.07) is 8.67. The quantitative estimate of drug-likeness (QED) is 0.278. The first kappa shape index (κ1) is 21.9. The molecule has 2 rings (SSSR count). The largest absolute Gasteiger partial charge is 0.455 e. The lowest BCUT2D eigenvalue weighted by Crippen LogP contribution is -2.22. The number of hydrogen-bond donors (Lipinski definition) is 1. The van der Waals surface area contributed by atoms with Gasteiger partial charge in [-0.1, -0.05) is 22.0 Å². The lowest BCUT2D eigenvalue weighted by molar-refractivity contribution is -0.384. The molecule has 0 bridgehead atoms. The number of benzene rings is 2. The molecule has 148 valence electrons. The van der Waals surface area contributed by atoms with Gasteiger partial charge < -0.3 is 10.1 Å². The minimum absolute atomic E-state index is 0.0549. The third-order valence-corrected chi connectivity index (χ3v) is 5.66. The van der Waals surface area contributed by atoms with Gasteiger partial charge in [-0.2, -0.15) is 0 Å². The molecule has 0 radical (unpaired) electrons. The van der Waals surface area contributed by atoms with Crippen LogP contribution in [0.2, 0.25) is 0 Å². The Labute approximate surface area is 175 Å². The zero-order chi connectivity index (χ0) is 20.8. The van der Waals surface area contributed by atoms with E-state index in [2.05, 4.69) is 21.2 Å². The number of anilines is 1. The highest BCUT2D eigenvalue weighted by Gasteiger charge is 2.20. The maximum absolute atomic E-state index is 12.1. The van der Waals surface area contributed by atoms with Crippen LogP contribution >= 0.6 is 27.7 Å². The smallest absolute Gasteiger partial charge is 0.316 e. The van der Waals surface area contributed by atoms with Crippen molar-refractivity contribution in [1.29, 1.82) is 0 Å². The van der Waals surface area contributed by atoms with E-state index < -0.39 is 23.4 Å². The minimum atomic E-state index is -0.630. The van der Waals surface area contributed by atoms with Crippen LogP contribution in [0, 0.1) is 30.9 Å². The number of aryl methyl sites for hydroxylation is 2. The summed E-state index contributed by atoms with van der Waals surface area (Å²) in [6.07, 6.45) is 0. The highest BCUT2D eigenvalue weighted by atomic mass is 79.9. The second-order valence-electron chi connectivity index (χ2n) is 6.07. The molecule has 0 aliphatic carbocycles. The zero-order valence-corrected chi connectivity index (χ0v) is 18.0. The van der Waals surface area contributed by atoms with Gasteiger partial charge in [-0.15, -0.1) is 11.8 Å². The Balaban J connectivity index is 1.91. The molecule has 2 aromatic carbocycles. The number of nitro benzene ring substituents is 1. The van der Waals surface area contributed by atoms with E-state index in [1.165, 1.54) is 17.8 Å². The van der Waals surface area contributed by atoms with E-state index >= 15 is 0 Å². The topological polar surface area (TPSA) is 98.5 Å². The number of amides is 1. The summed E-state index contributed by atoms with van der Waals surface area (Å²) < 4.78 is 5.93. The third kappa shape index (κ3) is 5.80. The van der Waals surface area contributed by atoms with E-state index in [0.717, 1.165) is 20.5 Å². The minimum Gasteiger partial charge on any atom is -0.455 e. The molecule has 2 aromatic rings. The normalized spacial score (nSPS) is 10.4. The Bertz CT molecular complexity index is 933. The van der Waals surface area contributed by atoms with Gasteiger partial charge in [0.2, 0.25) is 0 Å². The average molecular weight is 467 g/mol. The summed E-state index contributed by atoms with van der Waals surface area (Å²) in [5.74, 6) is -1.12. The number of nitrogens with one attached hydrogen (secondary N) is 1. The van der Waals surface area contributed by atoms with Crippen LogP contribution in [-0.4, -0.2) is 29.2 Å². The molecule has 0 heterocycles. The van der Waals surface area contributed by atoms with Gasteiger partial charge in [-0.05, 0) is 55.7 Å². The van der Waals surface area contributed by atoms with E-state index in [0.29, 0.717) is 5.56 Å². The van der Waals surface area contributed by atoms with Gasteiger partial charge in [0.1, 0.15) is 5.69 Å². The number of halogens is 1. The Hall–Kier alpha value is -2.39. The van der Waals surface area contributed by atoms with Crippen molar-refractivity contribution in [3.05, 3.63) is 61.6 Å². The second kappa shape index (κ2) is 9.70. The highest BCUT2D eigenvalue weighted by Crippen LogP contribution is 2.30. The van der Waals surface area contributed by atoms with Crippen molar-refractivity contribution in [2.45, 2.75) is 25.7 Å². The molecule has 0 spiro atoms. The molecule has 1 N–H and O–H groups in total. The van der Waals surface area contributed by atoms with E-state index in [-0.39, 0.29) is 17.1 Å². The maximum atomic E-state index is 12.1. The van der Waals surface area contributed by atoms with Gasteiger partial charge >= 0.3 is 5.97 Å². The monoisotopic (exact) mass is 466 g/mol. The van der Waals surface area contributed by atoms with E-state index in [9.17, 15) is 19.7 Å². The summed E-state index contributed by atoms with van der Waals surface area (Å²) in [6.45, 7) is 4.89. The molecule has 0 aromatic heterocycles. The standard InChI is InChI=1S/C19H19BrN2O5S/c1-11-4-6-15(22(25)26)19(13(11)3)21-17(23)9-27-18(24)10-28-16-7-5-14(20)8-12(16)2/h4-8H,9-10H2,1-3H3,(H,21,23). The van der Waals surface area contributed by atoms with E-state index in [1.807, 2.05) is 25.1 Å². The van der Waals surface area contributed by atoms with Crippen LogP contribution in [0.4, 0.5) is 11.4 Å². The van der Waals surface area contributed by atoms with Gasteiger partial charge in [0.25, 0.3) is 11.6 Å². The lowest BCUT2D eigenvalue weighted by atomic mass is 10.1. The van der Waals surface area contributed by atoms with Crippen LogP contribution < -0.4 is 5.32 Å². The van der Waals surface area contributed by atoms with Crippen LogP contribution in [0.15, 0.2) is 39.7 Å². The first-order valence-corrected chi connectivity index (χ1v) is 10.1. The zero-order valence-electron chi connectivity index (χ0n) is 15.6. The van der Waals surface area contributed by atoms with Crippen molar-refractivity contribution in [2.75, 3.05) is 17.7 Å². The van der Waals surface area contributed by atoms with Gasteiger partial charge in [-0.3, -0.25) is 19.7 Å². The average Bonchev–Trinajstić information content (AvgIpc) is 2.63. The molecular formula is C19H19BrN2O5S. The summed E-state index contributed by atoms with van der Waals surface area (Å²) in [5.41, 5.74) is 2.33. The SMILES string of the molecule is Cc1cc(Br)ccc1SCC(=O)OCC(=O)Nc1c([N+](=O)[O-])ccc(C)c1C. The molecule has 0 saturated heterocycles. The van der Waals surface area contributed by atoms with Crippen LogP contribution in [0.5, 0.6) is 0 Å². The summed E-state index contributed by atoms with van der Waals surface area (Å²) in [7, 11) is 0. The number of thioether (sulfide) groups is 1. The van der Waals surface area contributed by atoms with E-state index in [1.54, 1.807) is 19.9 Å². The summed E-state index contributed by atoms with van der Waals surface area (Å²) in [4.78, 5) is 35.5. The van der Waals surface area contributed by atoms with Crippen molar-refractivity contribution >= 4 is 50.9 Å². The molecule has 0 fully saturated rings. The number of nitro groups is 1. The molecule has 9 heteroatoms. The van der Waals surface area contributed by atoms with E-state index in [4.69, 9.17) is 4.74 Å². The molecule has 0 atom stereocenters. The van der Waals surface area contributed by atoms with Gasteiger partial charge in [0.05, 0.1) is 10.7 Å². The Morgan fingerprint density at radius 3 is 2.54 bits per heavy atom. The maximum Gasteiger partial charge on any atom is 0.316 e. The molecular weight excluding hydrogens is 448 g/mol. The van der Waals surface area contributed by atoms with Crippen molar-refractivity contribution in [2.24, 2.45) is 0 Å². The fourth-order valence-electron chi connectivity index (χ4n) is 2.39. The third-order valence-electron chi connectivity index (χ3n) is 4.02. The number of carbonyl (C=O) groups excluding carboxylic acids is 2. The number of esters is 1. The number of hydrogen-bond acceptors (Lipinski definition) is 6. The molecule has 0 unspecified atom stereocenters. The first-order valence-electron chi connectivity index (χ1n) is 8.28. The Kier molecular flexibility index (Phi) is 7.59. The fourth-order valence-corrected chi connectivity index (χ4v) is 3.67. The van der Waals surface area contributed by atoms with Gasteiger partial charge in [0, 0.05) is 15.4 Å². The molecule has 1 amide bonds. The molecule has 0 aliphatic heterocycles. The summed E-state index contributed by atoms with van der Waals surface area (Å²) in [5, 5.41) is 13.6. The van der Waals surface area contributed by atoms with Crippen LogP contribution in [0.3, 0.4) is 0 Å². The van der Waals surface area contributed by atoms with Gasteiger partial charge in [-0.25, -0.2) is 0 Å². The molecule has 0 aliphatic rings.